The Morgan fingerprint density at radius 1 is 0.970 bits per heavy atom. The fourth-order valence-corrected chi connectivity index (χ4v) is 3.85. The van der Waals surface area contributed by atoms with Crippen LogP contribution in [-0.4, -0.2) is 86.8 Å². The van der Waals surface area contributed by atoms with Crippen LogP contribution in [0.25, 0.3) is 0 Å². The Kier molecular flexibility index (Phi) is 14.8. The number of aliphatic carboxylic acids is 3. The molecule has 1 atom stereocenters. The van der Waals surface area contributed by atoms with Gasteiger partial charge in [-0.1, -0.05) is 44.2 Å². The van der Waals surface area contributed by atoms with Crippen LogP contribution in [0.3, 0.4) is 0 Å². The minimum Gasteiger partial charge on any atom is -0.481 e. The van der Waals surface area contributed by atoms with E-state index in [1.165, 1.54) is 0 Å². The third-order valence-corrected chi connectivity index (χ3v) is 5.69. The molecule has 0 aliphatic rings. The summed E-state index contributed by atoms with van der Waals surface area (Å²) in [7, 11) is 0. The first-order chi connectivity index (χ1) is 15.5. The van der Waals surface area contributed by atoms with Gasteiger partial charge in [0.05, 0.1) is 19.4 Å². The van der Waals surface area contributed by atoms with Crippen LogP contribution in [0.5, 0.6) is 0 Å². The van der Waals surface area contributed by atoms with E-state index in [0.29, 0.717) is 6.61 Å². The topological polar surface area (TPSA) is 162 Å². The number of hydrogen-bond donors (Lipinski definition) is 4. The van der Waals surface area contributed by atoms with E-state index in [2.05, 4.69) is 18.7 Å². The quantitative estimate of drug-likeness (QED) is 0.284. The predicted molar refractivity (Wildman–Crippen MR) is 123 cm³/mol. The smallest absolute Gasteiger partial charge is 0.336 e. The van der Waals surface area contributed by atoms with Gasteiger partial charge in [0, 0.05) is 12.3 Å². The molecule has 0 saturated carbocycles. The number of ether oxygens (including phenoxy) is 1. The molecule has 1 unspecified atom stereocenters. The zero-order valence-corrected chi connectivity index (χ0v) is 19.9. The second kappa shape index (κ2) is 16.1. The van der Waals surface area contributed by atoms with E-state index in [1.807, 2.05) is 37.3 Å². The Morgan fingerprint density at radius 2 is 1.48 bits per heavy atom. The third-order valence-electron chi connectivity index (χ3n) is 4.47. The normalized spacial score (nSPS) is 11.8. The summed E-state index contributed by atoms with van der Waals surface area (Å²) < 4.78 is 5.20. The molecule has 1 rings (SSSR count). The number of carboxylic acids is 3. The molecule has 0 aliphatic carbocycles. The second-order valence-electron chi connectivity index (χ2n) is 6.92. The first kappa shape index (κ1) is 30.4. The number of hydrogen-bond acceptors (Lipinski definition) is 8. The van der Waals surface area contributed by atoms with Crippen molar-refractivity contribution in [1.29, 1.82) is 0 Å². The standard InChI is InChI=1S/C16H25NO2S.C6H8O7/c1-4-17(5-2)12-13-20-15(16(18)19-6-3)14-10-8-7-9-11-14;7-3(8)1-6(13,5(11)12)2-4(9)10/h7-11,15H,4-6,12-13H2,1-3H3;13H,1-2H2,(H,7,8)(H,9,10)(H,11,12). The summed E-state index contributed by atoms with van der Waals surface area (Å²) in [5, 5.41) is 33.6. The summed E-state index contributed by atoms with van der Waals surface area (Å²) in [5.41, 5.74) is -1.71. The number of carbonyl (C=O) groups excluding carboxylic acids is 1. The highest BCUT2D eigenvalue weighted by Crippen LogP contribution is 2.30. The SMILES string of the molecule is CCOC(=O)C(SCCN(CC)CC)c1ccccc1.O=C(O)CC(O)(CC(=O)O)C(=O)O. The van der Waals surface area contributed by atoms with E-state index in [4.69, 9.17) is 25.2 Å². The average Bonchev–Trinajstić information content (AvgIpc) is 2.74. The molecular weight excluding hydrogens is 454 g/mol. The Hall–Kier alpha value is -2.63. The molecule has 0 amide bonds. The van der Waals surface area contributed by atoms with Crippen LogP contribution in [0.15, 0.2) is 30.3 Å². The Balaban J connectivity index is 0.000000684. The van der Waals surface area contributed by atoms with Crippen LogP contribution < -0.4 is 0 Å². The molecule has 0 spiro atoms. The molecule has 0 heterocycles. The maximum atomic E-state index is 12.1. The number of thioether (sulfide) groups is 1. The van der Waals surface area contributed by atoms with Crippen molar-refractivity contribution in [1.82, 2.24) is 4.90 Å². The Bertz CT molecular complexity index is 737. The minimum absolute atomic E-state index is 0.136. The van der Waals surface area contributed by atoms with Gasteiger partial charge in [0.25, 0.3) is 0 Å². The van der Waals surface area contributed by atoms with E-state index < -0.39 is 36.4 Å². The number of carboxylic acid groups (broad SMARTS) is 3. The van der Waals surface area contributed by atoms with Crippen molar-refractivity contribution in [2.24, 2.45) is 0 Å². The van der Waals surface area contributed by atoms with Crippen molar-refractivity contribution in [3.63, 3.8) is 0 Å². The van der Waals surface area contributed by atoms with E-state index >= 15 is 0 Å². The van der Waals surface area contributed by atoms with Crippen molar-refractivity contribution >= 4 is 35.6 Å². The number of aliphatic hydroxyl groups is 1. The number of rotatable bonds is 14. The molecule has 0 aromatic heterocycles. The maximum absolute atomic E-state index is 12.1. The average molecular weight is 488 g/mol. The molecule has 4 N–H and O–H groups in total. The summed E-state index contributed by atoms with van der Waals surface area (Å²) in [6.07, 6.45) is -2.29. The molecule has 0 saturated heterocycles. The third kappa shape index (κ3) is 12.3. The van der Waals surface area contributed by atoms with Crippen LogP contribution in [0.2, 0.25) is 0 Å². The first-order valence-electron chi connectivity index (χ1n) is 10.5. The molecule has 33 heavy (non-hydrogen) atoms. The number of nitrogens with zero attached hydrogens (tertiary/aromatic N) is 1. The molecule has 0 bridgehead atoms. The monoisotopic (exact) mass is 487 g/mol. The summed E-state index contributed by atoms with van der Waals surface area (Å²) in [5.74, 6) is -4.22. The van der Waals surface area contributed by atoms with Crippen molar-refractivity contribution in [3.8, 4) is 0 Å². The minimum atomic E-state index is -2.74. The van der Waals surface area contributed by atoms with Crippen molar-refractivity contribution in [2.75, 3.05) is 32.0 Å². The molecule has 0 fully saturated rings. The summed E-state index contributed by atoms with van der Waals surface area (Å²) in [6.45, 7) is 9.70. The molecule has 1 aromatic rings. The van der Waals surface area contributed by atoms with Gasteiger partial charge >= 0.3 is 23.9 Å². The summed E-state index contributed by atoms with van der Waals surface area (Å²) >= 11 is 1.67. The predicted octanol–water partition coefficient (Wildman–Crippen LogP) is 2.12. The van der Waals surface area contributed by atoms with Crippen LogP contribution >= 0.6 is 11.8 Å². The van der Waals surface area contributed by atoms with Gasteiger partial charge in [-0.3, -0.25) is 14.4 Å². The molecule has 11 heteroatoms. The Labute approximate surface area is 197 Å². The Morgan fingerprint density at radius 3 is 1.88 bits per heavy atom. The van der Waals surface area contributed by atoms with Gasteiger partial charge < -0.3 is 30.1 Å². The summed E-state index contributed by atoms with van der Waals surface area (Å²) in [6, 6.07) is 9.88. The van der Waals surface area contributed by atoms with Gasteiger partial charge in [-0.2, -0.15) is 0 Å². The number of esters is 1. The maximum Gasteiger partial charge on any atom is 0.336 e. The second-order valence-corrected chi connectivity index (χ2v) is 8.13. The van der Waals surface area contributed by atoms with E-state index in [1.54, 1.807) is 11.8 Å². The van der Waals surface area contributed by atoms with Gasteiger partial charge in [-0.15, -0.1) is 11.8 Å². The van der Waals surface area contributed by atoms with Gasteiger partial charge in [-0.25, -0.2) is 4.79 Å². The van der Waals surface area contributed by atoms with Crippen LogP contribution in [0, 0.1) is 0 Å². The van der Waals surface area contributed by atoms with Gasteiger partial charge in [-0.05, 0) is 25.6 Å². The zero-order chi connectivity index (χ0) is 25.4. The lowest BCUT2D eigenvalue weighted by molar-refractivity contribution is -0.170. The molecular formula is C22H33NO9S. The fourth-order valence-electron chi connectivity index (χ4n) is 2.70. The fraction of sp³-hybridized carbons (Fsp3) is 0.545. The van der Waals surface area contributed by atoms with Crippen LogP contribution in [-0.2, 0) is 23.9 Å². The van der Waals surface area contributed by atoms with Crippen molar-refractivity contribution in [2.45, 2.75) is 44.5 Å². The van der Waals surface area contributed by atoms with Crippen LogP contribution in [0.4, 0.5) is 0 Å². The van der Waals surface area contributed by atoms with Gasteiger partial charge in [0.2, 0.25) is 0 Å². The zero-order valence-electron chi connectivity index (χ0n) is 19.1. The highest BCUT2D eigenvalue weighted by Gasteiger charge is 2.40. The molecule has 186 valence electrons. The van der Waals surface area contributed by atoms with Crippen molar-refractivity contribution < 1.29 is 44.3 Å². The van der Waals surface area contributed by atoms with E-state index in [0.717, 1.165) is 31.0 Å². The van der Waals surface area contributed by atoms with Crippen LogP contribution in [0.1, 0.15) is 44.4 Å². The first-order valence-corrected chi connectivity index (χ1v) is 11.5. The van der Waals surface area contributed by atoms with Gasteiger partial charge in [0.15, 0.2) is 5.60 Å². The highest BCUT2D eigenvalue weighted by atomic mass is 32.2. The lowest BCUT2D eigenvalue weighted by Crippen LogP contribution is -2.42. The molecule has 1 aromatic carbocycles. The lowest BCUT2D eigenvalue weighted by Gasteiger charge is -2.20. The summed E-state index contributed by atoms with van der Waals surface area (Å²) in [4.78, 5) is 44.9. The van der Waals surface area contributed by atoms with Gasteiger partial charge in [0.1, 0.15) is 5.25 Å². The van der Waals surface area contributed by atoms with E-state index in [-0.39, 0.29) is 11.2 Å². The van der Waals surface area contributed by atoms with Crippen molar-refractivity contribution in [3.05, 3.63) is 35.9 Å². The largest absolute Gasteiger partial charge is 0.481 e. The number of benzene rings is 1. The molecule has 10 nitrogen and oxygen atoms in total. The van der Waals surface area contributed by atoms with E-state index in [9.17, 15) is 19.2 Å². The number of carbonyl (C=O) groups is 4. The molecule has 0 aliphatic heterocycles. The molecule has 0 radical (unpaired) electrons. The highest BCUT2D eigenvalue weighted by molar-refractivity contribution is 8.00. The lowest BCUT2D eigenvalue weighted by atomic mass is 9.96.